The molecule has 88 heavy (non-hydrogen) atoms. The SMILES string of the molecule is CC.CCOC1CC2NCC(C#N)C(NC3CCC(OCC4CC5NCCCC5O4)C(Cl)C3)C2CC1NC(=O)CCCN(C)C.CCOC1CC2NCC(C#N)C(NC3CCC(OCC4NCCCC4C4CC4)C(Cl)C3)C2CC1NC(=O)CCCN(C)C. The topological polar surface area (TPSA) is 231 Å². The van der Waals surface area contributed by atoms with Gasteiger partial charge in [0.2, 0.25) is 11.8 Å². The minimum absolute atomic E-state index is 0.0196. The molecule has 0 aromatic carbocycles. The van der Waals surface area contributed by atoms with Crippen molar-refractivity contribution in [2.45, 2.75) is 270 Å². The molecule has 5 saturated heterocycles. The molecule has 21 heteroatoms. The van der Waals surface area contributed by atoms with E-state index in [0.717, 1.165) is 135 Å². The lowest BCUT2D eigenvalue weighted by Crippen LogP contribution is -2.66. The summed E-state index contributed by atoms with van der Waals surface area (Å²) in [4.78, 5) is 30.0. The fourth-order valence-corrected chi connectivity index (χ4v) is 17.5. The zero-order valence-electron chi connectivity index (χ0n) is 55.2. The van der Waals surface area contributed by atoms with Crippen molar-refractivity contribution in [1.29, 1.82) is 10.5 Å². The summed E-state index contributed by atoms with van der Waals surface area (Å²) in [5.41, 5.74) is 0. The van der Waals surface area contributed by atoms with E-state index in [-0.39, 0.29) is 125 Å². The van der Waals surface area contributed by atoms with Crippen molar-refractivity contribution in [2.75, 3.05) is 93.9 Å². The highest BCUT2D eigenvalue weighted by Gasteiger charge is 2.50. The Labute approximate surface area is 540 Å². The summed E-state index contributed by atoms with van der Waals surface area (Å²) in [7, 11) is 8.12. The third-order valence-corrected chi connectivity index (χ3v) is 22.2. The molecule has 19 nitrogen and oxygen atoms in total. The zero-order valence-corrected chi connectivity index (χ0v) is 56.7. The van der Waals surface area contributed by atoms with E-state index in [1.54, 1.807) is 0 Å². The first-order valence-corrected chi connectivity index (χ1v) is 36.1. The van der Waals surface area contributed by atoms with E-state index >= 15 is 0 Å². The summed E-state index contributed by atoms with van der Waals surface area (Å²) in [5, 5.41) is 49.3. The minimum atomic E-state index is -0.138. The van der Waals surface area contributed by atoms with Crippen LogP contribution in [-0.2, 0) is 33.3 Å². The summed E-state index contributed by atoms with van der Waals surface area (Å²) in [6.45, 7) is 16.0. The third kappa shape index (κ3) is 20.7. The highest BCUT2D eigenvalue weighted by molar-refractivity contribution is 6.21. The van der Waals surface area contributed by atoms with Gasteiger partial charge in [0.05, 0.1) is 96.6 Å². The van der Waals surface area contributed by atoms with Gasteiger partial charge in [-0.3, -0.25) is 9.59 Å². The van der Waals surface area contributed by atoms with E-state index in [1.165, 1.54) is 32.1 Å². The van der Waals surface area contributed by atoms with Crippen LogP contribution in [0.2, 0.25) is 0 Å². The van der Waals surface area contributed by atoms with Crippen LogP contribution < -0.4 is 42.5 Å². The number of halogens is 2. The molecule has 8 N–H and O–H groups in total. The molecule has 502 valence electrons. The van der Waals surface area contributed by atoms with Gasteiger partial charge in [-0.05, 0) is 214 Å². The predicted octanol–water partition coefficient (Wildman–Crippen LogP) is 6.20. The Balaban J connectivity index is 0.000000222. The van der Waals surface area contributed by atoms with Gasteiger partial charge >= 0.3 is 0 Å². The van der Waals surface area contributed by atoms with Crippen LogP contribution in [0.4, 0.5) is 0 Å². The van der Waals surface area contributed by atoms with Crippen LogP contribution in [-0.4, -0.2) is 223 Å². The standard InChI is InChI=1S/C33H57ClN6O3.C32H55ClN6O4.C2H6/c1-4-42-31-17-27-25(16-28(31)39-32(41)8-6-14-40(2)3)33(22(18-35)19-37-27)38-23-11-12-30(26(34)15-23)43-20-29-24(21-9-10-21)7-5-13-36-29;1-4-41-30-16-25-23(15-27(30)38-31(40)8-6-12-39(2)3)32(20(17-34)18-36-25)37-21-9-10-28(24(33)13-21)42-19-22-14-26-29(43-22)7-5-11-35-26;1-2/h21-31,33,36-38H,4-17,19-20H2,1-3H3,(H,39,41);20-30,32,35-37H,4-16,18-19H2,1-3H3,(H,38,40);1-2H3. The van der Waals surface area contributed by atoms with E-state index in [1.807, 2.05) is 55.9 Å². The maximum Gasteiger partial charge on any atom is 0.220 e. The van der Waals surface area contributed by atoms with Crippen LogP contribution in [0.3, 0.4) is 0 Å². The van der Waals surface area contributed by atoms with Crippen molar-refractivity contribution in [3.05, 3.63) is 0 Å². The van der Waals surface area contributed by atoms with Crippen molar-refractivity contribution in [3.63, 3.8) is 0 Å². The molecule has 0 spiro atoms. The Hall–Kier alpha value is -2.02. The fraction of sp³-hybridized carbons (Fsp3) is 0.940. The van der Waals surface area contributed by atoms with Crippen LogP contribution in [0.5, 0.6) is 0 Å². The number of ether oxygens (including phenoxy) is 5. The normalized spacial score (nSPS) is 39.8. The summed E-state index contributed by atoms with van der Waals surface area (Å²) >= 11 is 13.9. The fourth-order valence-electron chi connectivity index (χ4n) is 16.7. The number of carbonyl (C=O) groups excluding carboxylic acids is 2. The van der Waals surface area contributed by atoms with Crippen molar-refractivity contribution >= 4 is 35.0 Å². The average Bonchev–Trinajstić information content (AvgIpc) is 2.00. The number of fused-ring (bicyclic) bond motifs is 3. The minimum Gasteiger partial charge on any atom is -0.376 e. The molecule has 5 saturated carbocycles. The summed E-state index contributed by atoms with van der Waals surface area (Å²) in [5.74, 6) is 2.04. The van der Waals surface area contributed by atoms with Crippen LogP contribution in [0.1, 0.15) is 163 Å². The van der Waals surface area contributed by atoms with Crippen LogP contribution in [0.25, 0.3) is 0 Å². The van der Waals surface area contributed by atoms with Gasteiger partial charge < -0.3 is 76.0 Å². The monoisotopic (exact) mass is 1270 g/mol. The van der Waals surface area contributed by atoms with Gasteiger partial charge in [0.15, 0.2) is 0 Å². The highest BCUT2D eigenvalue weighted by Crippen LogP contribution is 2.43. The number of alkyl halides is 2. The van der Waals surface area contributed by atoms with E-state index in [9.17, 15) is 20.1 Å². The molecule has 10 rings (SSSR count). The largest absolute Gasteiger partial charge is 0.376 e. The van der Waals surface area contributed by atoms with Gasteiger partial charge in [0.1, 0.15) is 0 Å². The Morgan fingerprint density at radius 2 is 1.07 bits per heavy atom. The molecule has 5 aliphatic heterocycles. The van der Waals surface area contributed by atoms with Crippen molar-refractivity contribution < 1.29 is 33.3 Å². The Bertz CT molecular complexity index is 2150. The van der Waals surface area contributed by atoms with Crippen LogP contribution >= 0.6 is 23.2 Å². The lowest BCUT2D eigenvalue weighted by atomic mass is 9.69. The van der Waals surface area contributed by atoms with Crippen LogP contribution in [0.15, 0.2) is 0 Å². The van der Waals surface area contributed by atoms with Gasteiger partial charge in [0, 0.05) is 87.5 Å². The number of amides is 2. The highest BCUT2D eigenvalue weighted by atomic mass is 35.5. The van der Waals surface area contributed by atoms with Gasteiger partial charge in [-0.25, -0.2) is 0 Å². The quantitative estimate of drug-likeness (QED) is 0.0476. The summed E-state index contributed by atoms with van der Waals surface area (Å²) < 4.78 is 31.4. The maximum atomic E-state index is 12.9. The van der Waals surface area contributed by atoms with Crippen LogP contribution in [0, 0.1) is 58.2 Å². The zero-order chi connectivity index (χ0) is 62.7. The molecule has 0 radical (unpaired) electrons. The maximum absolute atomic E-state index is 12.9. The molecule has 2 amide bonds. The number of nitrogens with zero attached hydrogens (tertiary/aromatic N) is 4. The first kappa shape index (κ1) is 71.8. The molecule has 23 unspecified atom stereocenters. The molecule has 23 atom stereocenters. The van der Waals surface area contributed by atoms with E-state index in [2.05, 4.69) is 64.5 Å². The van der Waals surface area contributed by atoms with Gasteiger partial charge in [-0.1, -0.05) is 13.8 Å². The molecular formula is C67H118Cl2N12O7. The first-order chi connectivity index (χ1) is 42.7. The first-order valence-electron chi connectivity index (χ1n) is 35.2. The second-order valence-corrected chi connectivity index (χ2v) is 29.2. The van der Waals surface area contributed by atoms with Crippen molar-refractivity contribution in [3.8, 4) is 12.1 Å². The second kappa shape index (κ2) is 36.6. The number of rotatable bonds is 25. The molecule has 0 bridgehead atoms. The summed E-state index contributed by atoms with van der Waals surface area (Å²) in [6, 6.07) is 7.10. The van der Waals surface area contributed by atoms with Gasteiger partial charge in [-0.15, -0.1) is 23.2 Å². The van der Waals surface area contributed by atoms with E-state index < -0.39 is 0 Å². The lowest BCUT2D eigenvalue weighted by Gasteiger charge is -2.50. The van der Waals surface area contributed by atoms with Gasteiger partial charge in [0.25, 0.3) is 0 Å². The molecular weight excluding hydrogens is 1160 g/mol. The van der Waals surface area contributed by atoms with Crippen molar-refractivity contribution in [1.82, 2.24) is 52.3 Å². The van der Waals surface area contributed by atoms with E-state index in [0.29, 0.717) is 63.9 Å². The molecule has 5 aliphatic carbocycles. The number of piperidine rings is 4. The number of carbonyl (C=O) groups is 2. The molecule has 5 heterocycles. The number of hydrogen-bond donors (Lipinski definition) is 8. The smallest absolute Gasteiger partial charge is 0.220 e. The van der Waals surface area contributed by atoms with Crippen molar-refractivity contribution in [2.24, 2.45) is 35.5 Å². The molecule has 0 aromatic rings. The Morgan fingerprint density at radius 3 is 1.53 bits per heavy atom. The Morgan fingerprint density at radius 1 is 0.568 bits per heavy atom. The van der Waals surface area contributed by atoms with E-state index in [4.69, 9.17) is 46.9 Å². The lowest BCUT2D eigenvalue weighted by molar-refractivity contribution is -0.125. The molecule has 10 fully saturated rings. The summed E-state index contributed by atoms with van der Waals surface area (Å²) in [6.07, 6.45) is 20.7. The molecule has 10 aliphatic rings. The molecule has 0 aromatic heterocycles. The Kier molecular flexibility index (Phi) is 29.9. The number of nitrogens with one attached hydrogen (secondary N) is 8. The second-order valence-electron chi connectivity index (χ2n) is 28.0. The van der Waals surface area contributed by atoms with Gasteiger partial charge in [-0.2, -0.15) is 10.5 Å². The predicted molar refractivity (Wildman–Crippen MR) is 348 cm³/mol. The third-order valence-electron chi connectivity index (χ3n) is 21.3. The number of nitriles is 2. The number of hydrogen-bond acceptors (Lipinski definition) is 17. The average molecular weight is 1270 g/mol.